The van der Waals surface area contributed by atoms with Crippen molar-refractivity contribution in [3.05, 3.63) is 34.9 Å². The van der Waals surface area contributed by atoms with Crippen LogP contribution in [-0.4, -0.2) is 23.0 Å². The number of benzene rings is 1. The van der Waals surface area contributed by atoms with E-state index in [-0.39, 0.29) is 18.4 Å². The highest BCUT2D eigenvalue weighted by atomic mass is 35.5. The highest BCUT2D eigenvalue weighted by Crippen LogP contribution is 2.48. The van der Waals surface area contributed by atoms with Crippen molar-refractivity contribution in [1.29, 1.82) is 0 Å². The van der Waals surface area contributed by atoms with Crippen LogP contribution in [0.25, 0.3) is 0 Å². The third-order valence-corrected chi connectivity index (χ3v) is 3.97. The molecule has 1 saturated carbocycles. The number of carboxylic acids is 1. The zero-order chi connectivity index (χ0) is 14.8. The van der Waals surface area contributed by atoms with Gasteiger partial charge in [-0.1, -0.05) is 23.7 Å². The van der Waals surface area contributed by atoms with Crippen LogP contribution >= 0.6 is 11.6 Å². The molecule has 0 radical (unpaired) electrons. The Labute approximate surface area is 123 Å². The van der Waals surface area contributed by atoms with E-state index >= 15 is 0 Å². The van der Waals surface area contributed by atoms with Gasteiger partial charge >= 0.3 is 5.97 Å². The van der Waals surface area contributed by atoms with Crippen LogP contribution in [0.2, 0.25) is 5.02 Å². The summed E-state index contributed by atoms with van der Waals surface area (Å²) in [7, 11) is 0. The standard InChI is InChI=1S/C15H18ClNO3/c1-10(5-6-13(18)19)17-14(20)15(7-8-15)11-3-2-4-12(16)9-11/h2-4,9-10H,5-8H2,1H3,(H,17,20)(H,18,19). The Morgan fingerprint density at radius 1 is 1.45 bits per heavy atom. The zero-order valence-corrected chi connectivity index (χ0v) is 12.1. The normalized spacial score (nSPS) is 17.3. The van der Waals surface area contributed by atoms with Gasteiger partial charge in [0.25, 0.3) is 0 Å². The van der Waals surface area contributed by atoms with E-state index in [1.807, 2.05) is 25.1 Å². The molecule has 4 nitrogen and oxygen atoms in total. The predicted octanol–water partition coefficient (Wildman–Crippen LogP) is 2.74. The number of halogens is 1. The molecule has 1 aliphatic carbocycles. The summed E-state index contributed by atoms with van der Waals surface area (Å²) >= 11 is 5.98. The molecule has 1 amide bonds. The Kier molecular flexibility index (Phi) is 4.33. The maximum absolute atomic E-state index is 12.4. The fourth-order valence-electron chi connectivity index (χ4n) is 2.33. The second-order valence-electron chi connectivity index (χ2n) is 5.40. The molecule has 2 rings (SSSR count). The summed E-state index contributed by atoms with van der Waals surface area (Å²) < 4.78 is 0. The van der Waals surface area contributed by atoms with Gasteiger partial charge in [-0.25, -0.2) is 0 Å². The second kappa shape index (κ2) is 5.83. The Balaban J connectivity index is 2.00. The molecule has 108 valence electrons. The van der Waals surface area contributed by atoms with Gasteiger partial charge in [-0.3, -0.25) is 9.59 Å². The first-order valence-electron chi connectivity index (χ1n) is 6.73. The van der Waals surface area contributed by atoms with Gasteiger partial charge in [-0.05, 0) is 43.9 Å². The molecule has 20 heavy (non-hydrogen) atoms. The zero-order valence-electron chi connectivity index (χ0n) is 11.4. The van der Waals surface area contributed by atoms with Crippen LogP contribution in [0.15, 0.2) is 24.3 Å². The molecule has 1 atom stereocenters. The summed E-state index contributed by atoms with van der Waals surface area (Å²) in [6.45, 7) is 1.83. The molecule has 0 bridgehead atoms. The van der Waals surface area contributed by atoms with Gasteiger partial charge in [0.1, 0.15) is 0 Å². The van der Waals surface area contributed by atoms with Gasteiger partial charge < -0.3 is 10.4 Å². The summed E-state index contributed by atoms with van der Waals surface area (Å²) in [5.41, 5.74) is 0.468. The van der Waals surface area contributed by atoms with E-state index in [9.17, 15) is 9.59 Å². The third kappa shape index (κ3) is 3.31. The van der Waals surface area contributed by atoms with Crippen molar-refractivity contribution in [2.24, 2.45) is 0 Å². The smallest absolute Gasteiger partial charge is 0.303 e. The van der Waals surface area contributed by atoms with E-state index in [0.29, 0.717) is 11.4 Å². The third-order valence-electron chi connectivity index (χ3n) is 3.73. The van der Waals surface area contributed by atoms with Crippen molar-refractivity contribution in [2.45, 2.75) is 44.1 Å². The second-order valence-corrected chi connectivity index (χ2v) is 5.84. The minimum absolute atomic E-state index is 0.0299. The van der Waals surface area contributed by atoms with E-state index < -0.39 is 11.4 Å². The lowest BCUT2D eigenvalue weighted by Crippen LogP contribution is -2.40. The molecule has 0 spiro atoms. The minimum atomic E-state index is -0.845. The van der Waals surface area contributed by atoms with Gasteiger partial charge in [0.15, 0.2) is 0 Å². The van der Waals surface area contributed by atoms with Crippen molar-refractivity contribution in [2.75, 3.05) is 0 Å². The number of nitrogens with one attached hydrogen (secondary N) is 1. The van der Waals surface area contributed by atoms with Crippen molar-refractivity contribution < 1.29 is 14.7 Å². The Morgan fingerprint density at radius 2 is 2.15 bits per heavy atom. The maximum Gasteiger partial charge on any atom is 0.303 e. The highest BCUT2D eigenvalue weighted by molar-refractivity contribution is 6.30. The Bertz CT molecular complexity index is 526. The number of hydrogen-bond acceptors (Lipinski definition) is 2. The van der Waals surface area contributed by atoms with Gasteiger partial charge in [-0.15, -0.1) is 0 Å². The highest BCUT2D eigenvalue weighted by Gasteiger charge is 2.51. The van der Waals surface area contributed by atoms with Gasteiger partial charge in [0.05, 0.1) is 5.41 Å². The number of hydrogen-bond donors (Lipinski definition) is 2. The van der Waals surface area contributed by atoms with Crippen LogP contribution in [0.5, 0.6) is 0 Å². The van der Waals surface area contributed by atoms with E-state index in [1.165, 1.54) is 0 Å². The molecule has 0 heterocycles. The van der Waals surface area contributed by atoms with E-state index in [1.54, 1.807) is 6.07 Å². The van der Waals surface area contributed by atoms with Crippen molar-refractivity contribution >= 4 is 23.5 Å². The van der Waals surface area contributed by atoms with E-state index in [0.717, 1.165) is 18.4 Å². The monoisotopic (exact) mass is 295 g/mol. The maximum atomic E-state index is 12.4. The van der Waals surface area contributed by atoms with Crippen LogP contribution in [0, 0.1) is 0 Å². The molecule has 1 unspecified atom stereocenters. The molecule has 2 N–H and O–H groups in total. The molecular weight excluding hydrogens is 278 g/mol. The minimum Gasteiger partial charge on any atom is -0.481 e. The quantitative estimate of drug-likeness (QED) is 0.848. The number of amides is 1. The summed E-state index contributed by atoms with van der Waals surface area (Å²) in [4.78, 5) is 22.9. The molecule has 1 aliphatic rings. The number of carboxylic acid groups (broad SMARTS) is 1. The molecule has 1 aromatic rings. The lowest BCUT2D eigenvalue weighted by atomic mass is 9.94. The molecule has 1 fully saturated rings. The molecule has 1 aromatic carbocycles. The van der Waals surface area contributed by atoms with Crippen molar-refractivity contribution in [3.63, 3.8) is 0 Å². The topological polar surface area (TPSA) is 66.4 Å². The van der Waals surface area contributed by atoms with Crippen LogP contribution in [0.3, 0.4) is 0 Å². The largest absolute Gasteiger partial charge is 0.481 e. The van der Waals surface area contributed by atoms with Gasteiger partial charge in [-0.2, -0.15) is 0 Å². The summed E-state index contributed by atoms with van der Waals surface area (Å²) in [6.07, 6.45) is 2.12. The Morgan fingerprint density at radius 3 is 2.70 bits per heavy atom. The first-order valence-corrected chi connectivity index (χ1v) is 7.11. The lowest BCUT2D eigenvalue weighted by Gasteiger charge is -2.19. The fraction of sp³-hybridized carbons (Fsp3) is 0.467. The van der Waals surface area contributed by atoms with Crippen molar-refractivity contribution in [1.82, 2.24) is 5.32 Å². The molecule has 0 aliphatic heterocycles. The van der Waals surface area contributed by atoms with Crippen LogP contribution in [-0.2, 0) is 15.0 Å². The van der Waals surface area contributed by atoms with Gasteiger partial charge in [0.2, 0.25) is 5.91 Å². The summed E-state index contributed by atoms with van der Waals surface area (Å²) in [5.74, 6) is -0.875. The average Bonchev–Trinajstić information content (AvgIpc) is 3.18. The molecule has 0 aromatic heterocycles. The van der Waals surface area contributed by atoms with Crippen LogP contribution in [0.1, 0.15) is 38.2 Å². The number of carbonyl (C=O) groups excluding carboxylic acids is 1. The number of carbonyl (C=O) groups is 2. The van der Waals surface area contributed by atoms with Crippen LogP contribution < -0.4 is 5.32 Å². The Hall–Kier alpha value is -1.55. The SMILES string of the molecule is CC(CCC(=O)O)NC(=O)C1(c2cccc(Cl)c2)CC1. The molecular formula is C15H18ClNO3. The van der Waals surface area contributed by atoms with E-state index in [2.05, 4.69) is 5.32 Å². The van der Waals surface area contributed by atoms with Crippen molar-refractivity contribution in [3.8, 4) is 0 Å². The summed E-state index contributed by atoms with van der Waals surface area (Å²) in [6, 6.07) is 7.24. The number of aliphatic carboxylic acids is 1. The summed E-state index contributed by atoms with van der Waals surface area (Å²) in [5, 5.41) is 12.2. The first kappa shape index (κ1) is 14.9. The lowest BCUT2D eigenvalue weighted by molar-refractivity contribution is -0.137. The fourth-order valence-corrected chi connectivity index (χ4v) is 2.52. The molecule has 5 heteroatoms. The van der Waals surface area contributed by atoms with Crippen LogP contribution in [0.4, 0.5) is 0 Å². The predicted molar refractivity (Wildman–Crippen MR) is 76.8 cm³/mol. The van der Waals surface area contributed by atoms with E-state index in [4.69, 9.17) is 16.7 Å². The molecule has 0 saturated heterocycles. The number of rotatable bonds is 6. The average molecular weight is 296 g/mol. The van der Waals surface area contributed by atoms with Gasteiger partial charge in [0, 0.05) is 17.5 Å². The first-order chi connectivity index (χ1) is 9.44.